The molecule has 0 bridgehead atoms. The number of halogens is 3. The normalized spacial score (nSPS) is 14.1. The van der Waals surface area contributed by atoms with Gasteiger partial charge in [0, 0.05) is 5.75 Å². The molecule has 0 aliphatic heterocycles. The van der Waals surface area contributed by atoms with Crippen molar-refractivity contribution in [3.8, 4) is 0 Å². The zero-order chi connectivity index (χ0) is 12.8. The molecular formula is C12H17F3S. The smallest absolute Gasteiger partial charge is 0.166 e. The van der Waals surface area contributed by atoms with E-state index in [0.717, 1.165) is 5.57 Å². The molecule has 0 rings (SSSR count). The third-order valence-electron chi connectivity index (χ3n) is 2.00. The molecule has 0 spiro atoms. The van der Waals surface area contributed by atoms with E-state index >= 15 is 0 Å². The molecule has 0 amide bonds. The molecule has 0 saturated heterocycles. The molecule has 0 nitrogen and oxygen atoms in total. The van der Waals surface area contributed by atoms with Crippen LogP contribution in [0.4, 0.5) is 13.2 Å². The van der Waals surface area contributed by atoms with E-state index in [1.54, 1.807) is 25.6 Å². The molecule has 16 heavy (non-hydrogen) atoms. The minimum Gasteiger partial charge on any atom is -0.166 e. The quantitative estimate of drug-likeness (QED) is 0.634. The molecule has 4 heteroatoms. The zero-order valence-corrected chi connectivity index (χ0v) is 10.6. The number of thioether (sulfide) groups is 1. The molecule has 0 aromatic carbocycles. The van der Waals surface area contributed by atoms with Crippen LogP contribution in [0.1, 0.15) is 20.3 Å². The fourth-order valence-corrected chi connectivity index (χ4v) is 1.68. The van der Waals surface area contributed by atoms with Crippen molar-refractivity contribution >= 4 is 11.8 Å². The average molecular weight is 250 g/mol. The van der Waals surface area contributed by atoms with Gasteiger partial charge in [0.05, 0.1) is 5.57 Å². The van der Waals surface area contributed by atoms with Crippen molar-refractivity contribution in [3.05, 3.63) is 35.5 Å². The Morgan fingerprint density at radius 2 is 1.94 bits per heavy atom. The van der Waals surface area contributed by atoms with Gasteiger partial charge >= 0.3 is 6.18 Å². The summed E-state index contributed by atoms with van der Waals surface area (Å²) in [5, 5.41) is 0. The van der Waals surface area contributed by atoms with E-state index in [1.807, 2.05) is 6.26 Å². The zero-order valence-electron chi connectivity index (χ0n) is 9.82. The lowest BCUT2D eigenvalue weighted by Crippen LogP contribution is -2.10. The fourth-order valence-electron chi connectivity index (χ4n) is 1.10. The van der Waals surface area contributed by atoms with Gasteiger partial charge in [0.25, 0.3) is 0 Å². The van der Waals surface area contributed by atoms with Gasteiger partial charge in [-0.25, -0.2) is 0 Å². The largest absolute Gasteiger partial charge is 0.416 e. The van der Waals surface area contributed by atoms with Crippen molar-refractivity contribution in [2.75, 3.05) is 12.0 Å². The van der Waals surface area contributed by atoms with Gasteiger partial charge < -0.3 is 0 Å². The van der Waals surface area contributed by atoms with Crippen molar-refractivity contribution in [1.29, 1.82) is 0 Å². The van der Waals surface area contributed by atoms with Crippen LogP contribution in [0.2, 0.25) is 0 Å². The van der Waals surface area contributed by atoms with Gasteiger partial charge in [-0.15, -0.1) is 0 Å². The van der Waals surface area contributed by atoms with Gasteiger partial charge in [0.1, 0.15) is 0 Å². The van der Waals surface area contributed by atoms with Crippen molar-refractivity contribution in [2.45, 2.75) is 26.4 Å². The summed E-state index contributed by atoms with van der Waals surface area (Å²) in [4.78, 5) is 0. The molecule has 0 radical (unpaired) electrons. The van der Waals surface area contributed by atoms with Gasteiger partial charge in [0.15, 0.2) is 0 Å². The van der Waals surface area contributed by atoms with Gasteiger partial charge in [0.2, 0.25) is 0 Å². The maximum atomic E-state index is 12.6. The van der Waals surface area contributed by atoms with Crippen LogP contribution in [0.15, 0.2) is 35.5 Å². The average Bonchev–Trinajstić information content (AvgIpc) is 2.15. The van der Waals surface area contributed by atoms with Gasteiger partial charge in [-0.2, -0.15) is 24.9 Å². The first-order chi connectivity index (χ1) is 7.32. The molecule has 0 fully saturated rings. The monoisotopic (exact) mass is 250 g/mol. The summed E-state index contributed by atoms with van der Waals surface area (Å²) < 4.78 is 37.7. The predicted molar refractivity (Wildman–Crippen MR) is 65.7 cm³/mol. The summed E-state index contributed by atoms with van der Waals surface area (Å²) in [6, 6.07) is 0. The van der Waals surface area contributed by atoms with Crippen LogP contribution in [-0.2, 0) is 0 Å². The summed E-state index contributed by atoms with van der Waals surface area (Å²) >= 11 is 1.54. The van der Waals surface area contributed by atoms with Crippen molar-refractivity contribution < 1.29 is 13.2 Å². The first-order valence-electron chi connectivity index (χ1n) is 4.95. The molecule has 0 saturated carbocycles. The third-order valence-corrected chi connectivity index (χ3v) is 2.64. The maximum absolute atomic E-state index is 12.6. The van der Waals surface area contributed by atoms with Crippen molar-refractivity contribution in [1.82, 2.24) is 0 Å². The second-order valence-electron chi connectivity index (χ2n) is 3.43. The van der Waals surface area contributed by atoms with Crippen molar-refractivity contribution in [2.24, 2.45) is 0 Å². The molecular weight excluding hydrogens is 233 g/mol. The van der Waals surface area contributed by atoms with Crippen LogP contribution < -0.4 is 0 Å². The van der Waals surface area contributed by atoms with Crippen LogP contribution in [0.3, 0.4) is 0 Å². The van der Waals surface area contributed by atoms with E-state index < -0.39 is 11.7 Å². The summed E-state index contributed by atoms with van der Waals surface area (Å²) in [5.41, 5.74) is 0.736. The minimum atomic E-state index is -4.28. The van der Waals surface area contributed by atoms with E-state index in [0.29, 0.717) is 17.7 Å². The molecule has 0 aliphatic carbocycles. The summed E-state index contributed by atoms with van der Waals surface area (Å²) in [7, 11) is 0. The Bertz CT molecular complexity index is 298. The lowest BCUT2D eigenvalue weighted by molar-refractivity contribution is -0.0884. The Morgan fingerprint density at radius 1 is 1.38 bits per heavy atom. The van der Waals surface area contributed by atoms with Gasteiger partial charge in [-0.1, -0.05) is 19.6 Å². The van der Waals surface area contributed by atoms with Crippen LogP contribution >= 0.6 is 11.8 Å². The van der Waals surface area contributed by atoms with E-state index in [-0.39, 0.29) is 0 Å². The Morgan fingerprint density at radius 3 is 2.31 bits per heavy atom. The molecule has 92 valence electrons. The topological polar surface area (TPSA) is 0 Å². The molecule has 0 aromatic heterocycles. The molecule has 0 aromatic rings. The highest BCUT2D eigenvalue weighted by molar-refractivity contribution is 7.98. The number of hydrogen-bond acceptors (Lipinski definition) is 1. The highest BCUT2D eigenvalue weighted by Gasteiger charge is 2.31. The van der Waals surface area contributed by atoms with E-state index in [9.17, 15) is 13.2 Å². The standard InChI is InChI=1S/C12H17F3S/c1-5-6-11(12(13,14)15)7-9(2)10(3)8-16-4/h6-7H,3,5,8H2,1-2,4H3/b9-7-,11-6?. The number of hydrogen-bond donors (Lipinski definition) is 0. The maximum Gasteiger partial charge on any atom is 0.416 e. The van der Waals surface area contributed by atoms with Crippen LogP contribution in [0.25, 0.3) is 0 Å². The molecule has 0 N–H and O–H groups in total. The Kier molecular flexibility index (Phi) is 6.56. The van der Waals surface area contributed by atoms with E-state index in [2.05, 4.69) is 6.58 Å². The van der Waals surface area contributed by atoms with Gasteiger partial charge in [-0.3, -0.25) is 0 Å². The van der Waals surface area contributed by atoms with E-state index in [4.69, 9.17) is 0 Å². The Hall–Kier alpha value is -0.640. The SMILES string of the molecule is C=C(CSC)/C(C)=C\C(=CCC)C(F)(F)F. The van der Waals surface area contributed by atoms with Crippen molar-refractivity contribution in [3.63, 3.8) is 0 Å². The lowest BCUT2D eigenvalue weighted by atomic mass is 10.1. The lowest BCUT2D eigenvalue weighted by Gasteiger charge is -2.10. The molecule has 0 atom stereocenters. The summed E-state index contributed by atoms with van der Waals surface area (Å²) in [6.45, 7) is 7.10. The summed E-state index contributed by atoms with van der Waals surface area (Å²) in [6.07, 6.45) is 0.341. The first-order valence-corrected chi connectivity index (χ1v) is 6.35. The fraction of sp³-hybridized carbons (Fsp3) is 0.500. The van der Waals surface area contributed by atoms with Crippen LogP contribution in [-0.4, -0.2) is 18.2 Å². The minimum absolute atomic E-state index is 0.369. The third kappa shape index (κ3) is 5.45. The Labute approximate surface area is 99.3 Å². The molecule has 0 unspecified atom stereocenters. The second kappa shape index (κ2) is 6.84. The number of alkyl halides is 3. The van der Waals surface area contributed by atoms with E-state index in [1.165, 1.54) is 12.2 Å². The number of allylic oxidation sites excluding steroid dienone is 4. The second-order valence-corrected chi connectivity index (χ2v) is 4.30. The predicted octanol–water partition coefficient (Wildman–Crippen LogP) is 4.75. The summed E-state index contributed by atoms with van der Waals surface area (Å²) in [5.74, 6) is 0.652. The number of rotatable bonds is 5. The molecule has 0 heterocycles. The van der Waals surface area contributed by atoms with Crippen LogP contribution in [0.5, 0.6) is 0 Å². The highest BCUT2D eigenvalue weighted by Crippen LogP contribution is 2.29. The van der Waals surface area contributed by atoms with Gasteiger partial charge in [-0.05, 0) is 36.8 Å². The first kappa shape index (κ1) is 15.4. The molecule has 0 aliphatic rings. The van der Waals surface area contributed by atoms with Crippen LogP contribution in [0, 0.1) is 0 Å². The Balaban J connectivity index is 4.94. The highest BCUT2D eigenvalue weighted by atomic mass is 32.2.